The minimum atomic E-state index is -0.0579. The van der Waals surface area contributed by atoms with Crippen LogP contribution in [-0.2, 0) is 5.41 Å². The summed E-state index contributed by atoms with van der Waals surface area (Å²) in [5.74, 6) is 1.64. The van der Waals surface area contributed by atoms with Gasteiger partial charge in [-0.3, -0.25) is 0 Å². The van der Waals surface area contributed by atoms with Gasteiger partial charge in [0.1, 0.15) is 11.5 Å². The lowest BCUT2D eigenvalue weighted by Gasteiger charge is -2.26. The maximum absolute atomic E-state index is 6.01. The van der Waals surface area contributed by atoms with Crippen molar-refractivity contribution in [2.45, 2.75) is 26.2 Å². The van der Waals surface area contributed by atoms with Crippen molar-refractivity contribution in [1.82, 2.24) is 9.78 Å². The molecule has 140 valence electrons. The number of ether oxygens (including phenoxy) is 1. The van der Waals surface area contributed by atoms with E-state index in [1.165, 1.54) is 16.7 Å². The average Bonchev–Trinajstić information content (AvgIpc) is 3.24. The molecular weight excluding hydrogens is 344 g/mol. The molecule has 1 aromatic heterocycles. The van der Waals surface area contributed by atoms with E-state index < -0.39 is 0 Å². The molecule has 0 atom stereocenters. The fraction of sp³-hybridized carbons (Fsp3) is 0.160. The van der Waals surface area contributed by atoms with Crippen molar-refractivity contribution in [2.24, 2.45) is 0 Å². The molecule has 0 amide bonds. The zero-order chi connectivity index (χ0) is 19.6. The van der Waals surface area contributed by atoms with Gasteiger partial charge in [0.15, 0.2) is 0 Å². The predicted molar refractivity (Wildman–Crippen MR) is 113 cm³/mol. The van der Waals surface area contributed by atoms with Crippen LogP contribution in [0, 0.1) is 6.92 Å². The molecular formula is C25H24N2O. The van der Waals surface area contributed by atoms with Crippen LogP contribution in [0.2, 0.25) is 0 Å². The van der Waals surface area contributed by atoms with Gasteiger partial charge in [-0.05, 0) is 60.5 Å². The number of hydrogen-bond acceptors (Lipinski definition) is 2. The van der Waals surface area contributed by atoms with Crippen molar-refractivity contribution in [2.75, 3.05) is 0 Å². The van der Waals surface area contributed by atoms with Gasteiger partial charge in [0.25, 0.3) is 0 Å². The van der Waals surface area contributed by atoms with Gasteiger partial charge in [-0.1, -0.05) is 55.8 Å². The van der Waals surface area contributed by atoms with Crippen LogP contribution in [0.15, 0.2) is 91.3 Å². The summed E-state index contributed by atoms with van der Waals surface area (Å²) in [4.78, 5) is 0. The molecule has 0 spiro atoms. The molecule has 0 saturated carbocycles. The maximum Gasteiger partial charge on any atom is 0.127 e. The summed E-state index contributed by atoms with van der Waals surface area (Å²) in [6.07, 6.45) is 3.69. The van der Waals surface area contributed by atoms with Crippen molar-refractivity contribution < 1.29 is 4.74 Å². The molecule has 0 aliphatic rings. The highest BCUT2D eigenvalue weighted by Gasteiger charge is 2.22. The van der Waals surface area contributed by atoms with E-state index in [1.807, 2.05) is 53.3 Å². The van der Waals surface area contributed by atoms with Crippen LogP contribution < -0.4 is 4.74 Å². The lowest BCUT2D eigenvalue weighted by atomic mass is 9.78. The van der Waals surface area contributed by atoms with E-state index in [2.05, 4.69) is 62.3 Å². The normalized spacial score (nSPS) is 11.4. The van der Waals surface area contributed by atoms with Gasteiger partial charge >= 0.3 is 0 Å². The topological polar surface area (TPSA) is 27.1 Å². The number of rotatable bonds is 5. The van der Waals surface area contributed by atoms with Gasteiger partial charge < -0.3 is 4.74 Å². The number of hydrogen-bond donors (Lipinski definition) is 0. The van der Waals surface area contributed by atoms with Gasteiger partial charge in [0, 0.05) is 17.8 Å². The van der Waals surface area contributed by atoms with E-state index in [0.29, 0.717) is 0 Å². The molecule has 3 heteroatoms. The third-order valence-corrected chi connectivity index (χ3v) is 5.19. The fourth-order valence-electron chi connectivity index (χ4n) is 3.30. The first-order valence-electron chi connectivity index (χ1n) is 9.48. The molecule has 0 aliphatic carbocycles. The van der Waals surface area contributed by atoms with Crippen LogP contribution in [-0.4, -0.2) is 9.78 Å². The zero-order valence-electron chi connectivity index (χ0n) is 16.5. The Kier molecular flexibility index (Phi) is 4.74. The van der Waals surface area contributed by atoms with Gasteiger partial charge in [-0.15, -0.1) is 0 Å². The molecule has 4 rings (SSSR count). The number of nitrogens with zero attached hydrogens (tertiary/aromatic N) is 2. The van der Waals surface area contributed by atoms with Crippen LogP contribution in [0.5, 0.6) is 11.5 Å². The molecule has 28 heavy (non-hydrogen) atoms. The lowest BCUT2D eigenvalue weighted by Crippen LogP contribution is -2.18. The molecule has 3 aromatic carbocycles. The first-order valence-corrected chi connectivity index (χ1v) is 9.48. The number of benzene rings is 3. The van der Waals surface area contributed by atoms with E-state index in [-0.39, 0.29) is 5.41 Å². The Morgan fingerprint density at radius 3 is 1.82 bits per heavy atom. The smallest absolute Gasteiger partial charge is 0.127 e. The lowest BCUT2D eigenvalue weighted by molar-refractivity contribution is 0.481. The second-order valence-corrected chi connectivity index (χ2v) is 7.56. The van der Waals surface area contributed by atoms with Crippen molar-refractivity contribution in [3.63, 3.8) is 0 Å². The molecule has 0 fully saturated rings. The van der Waals surface area contributed by atoms with Crippen LogP contribution in [0.3, 0.4) is 0 Å². The molecule has 0 unspecified atom stereocenters. The summed E-state index contributed by atoms with van der Waals surface area (Å²) in [7, 11) is 0. The Morgan fingerprint density at radius 1 is 0.750 bits per heavy atom. The third-order valence-electron chi connectivity index (χ3n) is 5.19. The van der Waals surface area contributed by atoms with Crippen molar-refractivity contribution >= 4 is 0 Å². The largest absolute Gasteiger partial charge is 0.457 e. The minimum Gasteiger partial charge on any atom is -0.457 e. The maximum atomic E-state index is 6.01. The van der Waals surface area contributed by atoms with Crippen molar-refractivity contribution in [3.05, 3.63) is 108 Å². The third kappa shape index (κ3) is 3.70. The molecule has 0 aliphatic heterocycles. The quantitative estimate of drug-likeness (QED) is 0.413. The van der Waals surface area contributed by atoms with E-state index in [9.17, 15) is 0 Å². The summed E-state index contributed by atoms with van der Waals surface area (Å²) in [6.45, 7) is 6.62. The summed E-state index contributed by atoms with van der Waals surface area (Å²) < 4.78 is 7.84. The Labute approximate surface area is 166 Å². The van der Waals surface area contributed by atoms with Gasteiger partial charge in [-0.25, -0.2) is 4.68 Å². The van der Waals surface area contributed by atoms with Crippen LogP contribution in [0.25, 0.3) is 5.69 Å². The summed E-state index contributed by atoms with van der Waals surface area (Å²) >= 11 is 0. The molecule has 4 aromatic rings. The Balaban J connectivity index is 1.49. The molecule has 1 heterocycles. The van der Waals surface area contributed by atoms with Gasteiger partial charge in [0.2, 0.25) is 0 Å². The Bertz CT molecular complexity index is 1030. The SMILES string of the molecule is Cc1ccc(C(C)(C)c2ccc(Oc3ccc(-n4cccn4)cc3)cc2)cc1. The minimum absolute atomic E-state index is 0.0579. The number of aryl methyl sites for hydroxylation is 1. The first kappa shape index (κ1) is 18.1. The Morgan fingerprint density at radius 2 is 1.29 bits per heavy atom. The van der Waals surface area contributed by atoms with E-state index >= 15 is 0 Å². The summed E-state index contributed by atoms with van der Waals surface area (Å²) in [5.41, 5.74) is 4.80. The highest BCUT2D eigenvalue weighted by Crippen LogP contribution is 2.33. The highest BCUT2D eigenvalue weighted by molar-refractivity contribution is 5.43. The van der Waals surface area contributed by atoms with Crippen LogP contribution >= 0.6 is 0 Å². The van der Waals surface area contributed by atoms with Gasteiger partial charge in [-0.2, -0.15) is 5.10 Å². The molecule has 0 radical (unpaired) electrons. The highest BCUT2D eigenvalue weighted by atomic mass is 16.5. The van der Waals surface area contributed by atoms with Crippen molar-refractivity contribution in [3.8, 4) is 17.2 Å². The van der Waals surface area contributed by atoms with Crippen molar-refractivity contribution in [1.29, 1.82) is 0 Å². The predicted octanol–water partition coefficient (Wildman–Crippen LogP) is 6.30. The van der Waals surface area contributed by atoms with E-state index in [1.54, 1.807) is 6.20 Å². The molecule has 0 N–H and O–H groups in total. The molecule has 0 saturated heterocycles. The standard InChI is InChI=1S/C25H24N2O/c1-19-5-7-20(8-6-19)25(2,3)21-9-13-23(14-10-21)28-24-15-11-22(12-16-24)27-18-4-17-26-27/h4-18H,1-3H3. The van der Waals surface area contributed by atoms with Crippen LogP contribution in [0.4, 0.5) is 0 Å². The van der Waals surface area contributed by atoms with E-state index in [4.69, 9.17) is 4.74 Å². The Hall–Kier alpha value is -3.33. The van der Waals surface area contributed by atoms with Gasteiger partial charge in [0.05, 0.1) is 5.69 Å². The zero-order valence-corrected chi connectivity index (χ0v) is 16.5. The molecule has 0 bridgehead atoms. The van der Waals surface area contributed by atoms with Crippen LogP contribution in [0.1, 0.15) is 30.5 Å². The second-order valence-electron chi connectivity index (χ2n) is 7.56. The fourth-order valence-corrected chi connectivity index (χ4v) is 3.30. The monoisotopic (exact) mass is 368 g/mol. The summed E-state index contributed by atoms with van der Waals surface area (Å²) in [5, 5.41) is 4.24. The number of aromatic nitrogens is 2. The first-order chi connectivity index (χ1) is 13.5. The average molecular weight is 368 g/mol. The molecule has 3 nitrogen and oxygen atoms in total. The van der Waals surface area contributed by atoms with E-state index in [0.717, 1.165) is 17.2 Å². The summed E-state index contributed by atoms with van der Waals surface area (Å²) in [6, 6.07) is 26.9. The second kappa shape index (κ2) is 7.35.